The first-order valence-electron chi connectivity index (χ1n) is 8.67. The lowest BCUT2D eigenvalue weighted by Crippen LogP contribution is -2.08. The van der Waals surface area contributed by atoms with Gasteiger partial charge in [0.05, 0.1) is 0 Å². The van der Waals surface area contributed by atoms with Crippen LogP contribution >= 0.6 is 11.8 Å². The SMILES string of the molecule is C=CCn1c(COc2c(C)cccc2C)nnc1SCc1ccc(F)cc1. The van der Waals surface area contributed by atoms with E-state index in [-0.39, 0.29) is 5.82 Å². The predicted octanol–water partition coefficient (Wildman–Crippen LogP) is 5.09. The van der Waals surface area contributed by atoms with Gasteiger partial charge in [-0.05, 0) is 42.7 Å². The third-order valence-electron chi connectivity index (χ3n) is 4.14. The summed E-state index contributed by atoms with van der Waals surface area (Å²) in [6.07, 6.45) is 1.81. The van der Waals surface area contributed by atoms with Crippen LogP contribution in [0, 0.1) is 19.7 Å². The summed E-state index contributed by atoms with van der Waals surface area (Å²) in [5, 5.41) is 9.38. The zero-order valence-corrected chi connectivity index (χ0v) is 16.3. The molecule has 4 nitrogen and oxygen atoms in total. The topological polar surface area (TPSA) is 39.9 Å². The molecule has 0 spiro atoms. The molecule has 1 heterocycles. The Morgan fingerprint density at radius 2 is 1.81 bits per heavy atom. The molecule has 0 aliphatic heterocycles. The van der Waals surface area contributed by atoms with Crippen molar-refractivity contribution in [3.8, 4) is 5.75 Å². The number of thioether (sulfide) groups is 1. The van der Waals surface area contributed by atoms with Crippen molar-refractivity contribution in [3.63, 3.8) is 0 Å². The molecular weight excluding hydrogens is 361 g/mol. The summed E-state index contributed by atoms with van der Waals surface area (Å²) >= 11 is 1.56. The second-order valence-electron chi connectivity index (χ2n) is 6.22. The Hall–Kier alpha value is -2.60. The van der Waals surface area contributed by atoms with Gasteiger partial charge in [-0.1, -0.05) is 48.2 Å². The van der Waals surface area contributed by atoms with E-state index in [2.05, 4.69) is 16.8 Å². The smallest absolute Gasteiger partial charge is 0.191 e. The molecule has 0 aliphatic carbocycles. The molecule has 0 saturated heterocycles. The molecule has 0 aliphatic rings. The van der Waals surface area contributed by atoms with Gasteiger partial charge in [-0.3, -0.25) is 4.57 Å². The maximum Gasteiger partial charge on any atom is 0.191 e. The van der Waals surface area contributed by atoms with Crippen molar-refractivity contribution in [1.82, 2.24) is 14.8 Å². The van der Waals surface area contributed by atoms with Gasteiger partial charge in [-0.15, -0.1) is 16.8 Å². The van der Waals surface area contributed by atoms with Gasteiger partial charge >= 0.3 is 0 Å². The van der Waals surface area contributed by atoms with Crippen molar-refractivity contribution in [2.45, 2.75) is 37.9 Å². The quantitative estimate of drug-likeness (QED) is 0.401. The van der Waals surface area contributed by atoms with Crippen LogP contribution in [0.1, 0.15) is 22.5 Å². The lowest BCUT2D eigenvalue weighted by Gasteiger charge is -2.12. The Labute approximate surface area is 163 Å². The first-order valence-corrected chi connectivity index (χ1v) is 9.66. The van der Waals surface area contributed by atoms with Gasteiger partial charge < -0.3 is 4.74 Å². The number of aromatic nitrogens is 3. The molecule has 0 saturated carbocycles. The van der Waals surface area contributed by atoms with E-state index in [4.69, 9.17) is 4.74 Å². The molecule has 6 heteroatoms. The molecule has 0 amide bonds. The number of para-hydroxylation sites is 1. The van der Waals surface area contributed by atoms with E-state index in [1.807, 2.05) is 42.7 Å². The lowest BCUT2D eigenvalue weighted by atomic mass is 10.1. The van der Waals surface area contributed by atoms with Crippen LogP contribution in [0.2, 0.25) is 0 Å². The molecule has 0 bridgehead atoms. The average Bonchev–Trinajstić information content (AvgIpc) is 3.03. The van der Waals surface area contributed by atoms with Crippen LogP contribution in [-0.4, -0.2) is 14.8 Å². The Balaban J connectivity index is 1.72. The maximum absolute atomic E-state index is 13.0. The van der Waals surface area contributed by atoms with Crippen LogP contribution in [0.25, 0.3) is 0 Å². The fraction of sp³-hybridized carbons (Fsp3) is 0.238. The second-order valence-corrected chi connectivity index (χ2v) is 7.17. The summed E-state index contributed by atoms with van der Waals surface area (Å²) in [4.78, 5) is 0. The van der Waals surface area contributed by atoms with Gasteiger partial charge in [0, 0.05) is 12.3 Å². The van der Waals surface area contributed by atoms with Gasteiger partial charge in [0.2, 0.25) is 0 Å². The number of rotatable bonds is 8. The fourth-order valence-electron chi connectivity index (χ4n) is 2.74. The number of halogens is 1. The van der Waals surface area contributed by atoms with Crippen molar-refractivity contribution in [2.75, 3.05) is 0 Å². The largest absolute Gasteiger partial charge is 0.485 e. The molecule has 3 aromatic rings. The number of benzene rings is 2. The Morgan fingerprint density at radius 1 is 1.11 bits per heavy atom. The van der Waals surface area contributed by atoms with E-state index in [1.165, 1.54) is 12.1 Å². The van der Waals surface area contributed by atoms with Crippen LogP contribution < -0.4 is 4.74 Å². The van der Waals surface area contributed by atoms with Crippen LogP contribution in [-0.2, 0) is 18.9 Å². The minimum absolute atomic E-state index is 0.232. The molecule has 3 rings (SSSR count). The second kappa shape index (κ2) is 8.86. The Morgan fingerprint density at radius 3 is 2.48 bits per heavy atom. The van der Waals surface area contributed by atoms with E-state index in [1.54, 1.807) is 23.9 Å². The summed E-state index contributed by atoms with van der Waals surface area (Å²) in [7, 11) is 0. The van der Waals surface area contributed by atoms with E-state index < -0.39 is 0 Å². The fourth-order valence-corrected chi connectivity index (χ4v) is 3.66. The minimum atomic E-state index is -0.232. The highest BCUT2D eigenvalue weighted by molar-refractivity contribution is 7.98. The van der Waals surface area contributed by atoms with Crippen molar-refractivity contribution in [1.29, 1.82) is 0 Å². The molecule has 0 radical (unpaired) electrons. The van der Waals surface area contributed by atoms with Gasteiger partial charge in [0.25, 0.3) is 0 Å². The highest BCUT2D eigenvalue weighted by Crippen LogP contribution is 2.25. The van der Waals surface area contributed by atoms with Gasteiger partial charge in [0.1, 0.15) is 18.2 Å². The molecule has 2 aromatic carbocycles. The number of aryl methyl sites for hydroxylation is 2. The summed E-state index contributed by atoms with van der Waals surface area (Å²) in [5.41, 5.74) is 3.22. The third kappa shape index (κ3) is 4.77. The zero-order chi connectivity index (χ0) is 19.2. The third-order valence-corrected chi connectivity index (χ3v) is 5.18. The van der Waals surface area contributed by atoms with Crippen molar-refractivity contribution in [2.24, 2.45) is 0 Å². The monoisotopic (exact) mass is 383 g/mol. The standard InChI is InChI=1S/C21H22FN3OS/c1-4-12-25-19(13-26-20-15(2)6-5-7-16(20)3)23-24-21(25)27-14-17-8-10-18(22)11-9-17/h4-11H,1,12-14H2,2-3H3. The molecule has 140 valence electrons. The average molecular weight is 383 g/mol. The number of ether oxygens (including phenoxy) is 1. The Kier molecular flexibility index (Phi) is 6.29. The van der Waals surface area contributed by atoms with Gasteiger partial charge in [-0.25, -0.2) is 4.39 Å². The summed E-state index contributed by atoms with van der Waals surface area (Å²) in [6, 6.07) is 12.6. The van der Waals surface area contributed by atoms with E-state index in [0.717, 1.165) is 33.4 Å². The van der Waals surface area contributed by atoms with Crippen LogP contribution in [0.5, 0.6) is 5.75 Å². The van der Waals surface area contributed by atoms with E-state index in [0.29, 0.717) is 18.9 Å². The normalized spacial score (nSPS) is 10.8. The lowest BCUT2D eigenvalue weighted by molar-refractivity contribution is 0.285. The molecule has 1 aromatic heterocycles. The highest BCUT2D eigenvalue weighted by Gasteiger charge is 2.13. The van der Waals surface area contributed by atoms with Crippen molar-refractivity contribution < 1.29 is 9.13 Å². The number of allylic oxidation sites excluding steroid dienone is 1. The molecule has 0 unspecified atom stereocenters. The van der Waals surface area contributed by atoms with Crippen LogP contribution in [0.15, 0.2) is 60.3 Å². The number of hydrogen-bond donors (Lipinski definition) is 0. The summed E-state index contributed by atoms with van der Waals surface area (Å²) < 4.78 is 21.1. The maximum atomic E-state index is 13.0. The van der Waals surface area contributed by atoms with Gasteiger partial charge in [-0.2, -0.15) is 0 Å². The van der Waals surface area contributed by atoms with E-state index in [9.17, 15) is 4.39 Å². The first-order chi connectivity index (χ1) is 13.1. The molecule has 0 fully saturated rings. The number of hydrogen-bond acceptors (Lipinski definition) is 4. The molecule has 0 atom stereocenters. The zero-order valence-electron chi connectivity index (χ0n) is 15.5. The first kappa shape index (κ1) is 19.2. The van der Waals surface area contributed by atoms with Crippen LogP contribution in [0.3, 0.4) is 0 Å². The summed E-state index contributed by atoms with van der Waals surface area (Å²) in [5.74, 6) is 2.09. The van der Waals surface area contributed by atoms with Crippen LogP contribution in [0.4, 0.5) is 4.39 Å². The van der Waals surface area contributed by atoms with Crippen molar-refractivity contribution in [3.05, 3.63) is 83.5 Å². The molecule has 27 heavy (non-hydrogen) atoms. The van der Waals surface area contributed by atoms with Crippen molar-refractivity contribution >= 4 is 11.8 Å². The minimum Gasteiger partial charge on any atom is -0.485 e. The summed E-state index contributed by atoms with van der Waals surface area (Å²) in [6.45, 7) is 8.82. The Bertz CT molecular complexity index is 901. The molecule has 0 N–H and O–H groups in total. The predicted molar refractivity (Wildman–Crippen MR) is 106 cm³/mol. The van der Waals surface area contributed by atoms with E-state index >= 15 is 0 Å². The molecular formula is C21H22FN3OS. The highest BCUT2D eigenvalue weighted by atomic mass is 32.2. The van der Waals surface area contributed by atoms with Gasteiger partial charge in [0.15, 0.2) is 11.0 Å². The number of nitrogens with zero attached hydrogens (tertiary/aromatic N) is 3.